The normalized spacial score (nSPS) is 25.6. The molecule has 0 radical (unpaired) electrons. The van der Waals surface area contributed by atoms with Gasteiger partial charge >= 0.3 is 0 Å². The Hall–Kier alpha value is -1.19. The number of hydrogen-bond acceptors (Lipinski definition) is 3. The Morgan fingerprint density at radius 2 is 1.90 bits per heavy atom. The fourth-order valence-electron chi connectivity index (χ4n) is 3.28. The zero-order chi connectivity index (χ0) is 15.5. The van der Waals surface area contributed by atoms with E-state index in [4.69, 9.17) is 9.73 Å². The van der Waals surface area contributed by atoms with Gasteiger partial charge in [0.1, 0.15) is 0 Å². The first-order valence-electron chi connectivity index (χ1n) is 7.71. The van der Waals surface area contributed by atoms with Gasteiger partial charge in [-0.15, -0.1) is 0 Å². The van der Waals surface area contributed by atoms with Crippen LogP contribution in [0.5, 0.6) is 0 Å². The summed E-state index contributed by atoms with van der Waals surface area (Å²) in [6, 6.07) is 8.39. The van der Waals surface area contributed by atoms with Gasteiger partial charge in [-0.3, -0.25) is 4.99 Å². The number of nitrogens with zero attached hydrogens (tertiary/aromatic N) is 2. The molecule has 1 aromatic rings. The van der Waals surface area contributed by atoms with Crippen molar-refractivity contribution in [3.8, 4) is 0 Å². The van der Waals surface area contributed by atoms with Gasteiger partial charge in [0, 0.05) is 24.8 Å². The molecule has 1 saturated heterocycles. The van der Waals surface area contributed by atoms with Gasteiger partial charge in [-0.25, -0.2) is 0 Å². The third-order valence-corrected chi connectivity index (χ3v) is 4.02. The molecule has 116 valence electrons. The van der Waals surface area contributed by atoms with Crippen LogP contribution in [-0.2, 0) is 4.74 Å². The molecule has 0 N–H and O–H groups in total. The predicted octanol–water partition coefficient (Wildman–Crippen LogP) is 3.83. The molecule has 0 bridgehead atoms. The number of ether oxygens (including phenoxy) is 1. The van der Waals surface area contributed by atoms with Crippen LogP contribution in [0, 0.1) is 12.3 Å². The average molecular weight is 288 g/mol. The number of aryl methyl sites for hydroxylation is 1. The molecule has 1 aromatic carbocycles. The van der Waals surface area contributed by atoms with Gasteiger partial charge in [0.15, 0.2) is 0 Å². The van der Waals surface area contributed by atoms with E-state index >= 15 is 0 Å². The lowest BCUT2D eigenvalue weighted by molar-refractivity contribution is -0.0886. The third-order valence-electron chi connectivity index (χ3n) is 4.02. The van der Waals surface area contributed by atoms with Crippen molar-refractivity contribution in [2.75, 3.05) is 27.2 Å². The molecule has 0 unspecified atom stereocenters. The van der Waals surface area contributed by atoms with Crippen LogP contribution in [0.2, 0.25) is 0 Å². The van der Waals surface area contributed by atoms with E-state index in [0.29, 0.717) is 0 Å². The molecule has 3 nitrogen and oxygen atoms in total. The molecule has 0 saturated carbocycles. The highest BCUT2D eigenvalue weighted by molar-refractivity contribution is 5.70. The fraction of sp³-hybridized carbons (Fsp3) is 0.611. The molecule has 0 aromatic heterocycles. The second kappa shape index (κ2) is 6.29. The molecular formula is C18H28N2O. The molecule has 2 rings (SSSR count). The largest absolute Gasteiger partial charge is 0.376 e. The molecule has 1 aliphatic heterocycles. The molecule has 1 atom stereocenters. The third kappa shape index (κ3) is 4.65. The van der Waals surface area contributed by atoms with Gasteiger partial charge in [-0.1, -0.05) is 17.7 Å². The highest BCUT2D eigenvalue weighted by atomic mass is 16.5. The Balaban J connectivity index is 2.21. The SMILES string of the molecule is Cc1ccc(N=C[C@]2(CN(C)C)CCOC(C)(C)C2)cc1. The van der Waals surface area contributed by atoms with Gasteiger partial charge < -0.3 is 9.64 Å². The molecule has 0 spiro atoms. The summed E-state index contributed by atoms with van der Waals surface area (Å²) in [4.78, 5) is 7.01. The van der Waals surface area contributed by atoms with Crippen LogP contribution < -0.4 is 0 Å². The lowest BCUT2D eigenvalue weighted by Gasteiger charge is -2.44. The summed E-state index contributed by atoms with van der Waals surface area (Å²) in [5.74, 6) is 0. The first-order chi connectivity index (χ1) is 9.80. The number of hydrogen-bond donors (Lipinski definition) is 0. The van der Waals surface area contributed by atoms with E-state index in [0.717, 1.165) is 31.7 Å². The number of rotatable bonds is 4. The van der Waals surface area contributed by atoms with Crippen molar-refractivity contribution in [1.29, 1.82) is 0 Å². The maximum absolute atomic E-state index is 5.89. The van der Waals surface area contributed by atoms with Gasteiger partial charge in [-0.05, 0) is 59.8 Å². The summed E-state index contributed by atoms with van der Waals surface area (Å²) in [7, 11) is 4.26. The van der Waals surface area contributed by atoms with Crippen molar-refractivity contribution in [2.45, 2.75) is 39.2 Å². The van der Waals surface area contributed by atoms with E-state index < -0.39 is 0 Å². The minimum atomic E-state index is -0.0758. The highest BCUT2D eigenvalue weighted by Gasteiger charge is 2.40. The van der Waals surface area contributed by atoms with Gasteiger partial charge in [0.2, 0.25) is 0 Å². The van der Waals surface area contributed by atoms with Crippen LogP contribution in [0.4, 0.5) is 5.69 Å². The number of aliphatic imine (C=N–C) groups is 1. The lowest BCUT2D eigenvalue weighted by Crippen LogP contribution is -2.47. The van der Waals surface area contributed by atoms with Crippen LogP contribution in [0.1, 0.15) is 32.3 Å². The molecule has 21 heavy (non-hydrogen) atoms. The van der Waals surface area contributed by atoms with Gasteiger partial charge in [-0.2, -0.15) is 0 Å². The van der Waals surface area contributed by atoms with E-state index in [-0.39, 0.29) is 11.0 Å². The smallest absolute Gasteiger partial charge is 0.0635 e. The minimum absolute atomic E-state index is 0.0758. The Morgan fingerprint density at radius 3 is 2.48 bits per heavy atom. The maximum Gasteiger partial charge on any atom is 0.0635 e. The first kappa shape index (κ1) is 16.2. The van der Waals surface area contributed by atoms with E-state index in [1.54, 1.807) is 0 Å². The molecule has 3 heteroatoms. The summed E-state index contributed by atoms with van der Waals surface area (Å²) < 4.78 is 5.89. The van der Waals surface area contributed by atoms with Crippen molar-refractivity contribution in [1.82, 2.24) is 4.90 Å². The van der Waals surface area contributed by atoms with Crippen LogP contribution in [0.3, 0.4) is 0 Å². The van der Waals surface area contributed by atoms with Crippen LogP contribution in [0.15, 0.2) is 29.3 Å². The summed E-state index contributed by atoms with van der Waals surface area (Å²) in [6.07, 6.45) is 4.21. The molecule has 0 aliphatic carbocycles. The number of benzene rings is 1. The summed E-state index contributed by atoms with van der Waals surface area (Å²) in [5.41, 5.74) is 2.32. The topological polar surface area (TPSA) is 24.8 Å². The zero-order valence-electron chi connectivity index (χ0n) is 14.0. The van der Waals surface area contributed by atoms with Crippen LogP contribution in [0.25, 0.3) is 0 Å². The first-order valence-corrected chi connectivity index (χ1v) is 7.71. The van der Waals surface area contributed by atoms with Gasteiger partial charge in [0.05, 0.1) is 11.3 Å². The van der Waals surface area contributed by atoms with Crippen molar-refractivity contribution in [2.24, 2.45) is 10.4 Å². The molecule has 1 fully saturated rings. The molecule has 0 amide bonds. The molecular weight excluding hydrogens is 260 g/mol. The van der Waals surface area contributed by atoms with E-state index in [1.807, 2.05) is 0 Å². The fourth-order valence-corrected chi connectivity index (χ4v) is 3.28. The van der Waals surface area contributed by atoms with E-state index in [9.17, 15) is 0 Å². The van der Waals surface area contributed by atoms with Crippen LogP contribution >= 0.6 is 0 Å². The van der Waals surface area contributed by atoms with E-state index in [1.165, 1.54) is 5.56 Å². The Bertz CT molecular complexity index is 490. The van der Waals surface area contributed by atoms with Crippen molar-refractivity contribution in [3.05, 3.63) is 29.8 Å². The van der Waals surface area contributed by atoms with Crippen molar-refractivity contribution in [3.63, 3.8) is 0 Å². The zero-order valence-corrected chi connectivity index (χ0v) is 14.0. The Kier molecular flexibility index (Phi) is 4.84. The molecule has 1 aliphatic rings. The Morgan fingerprint density at radius 1 is 1.24 bits per heavy atom. The quantitative estimate of drug-likeness (QED) is 0.787. The second-order valence-electron chi connectivity index (χ2n) is 7.23. The standard InChI is InChI=1S/C18H28N2O/c1-15-6-8-16(9-7-15)19-13-18(14-20(4)5)10-11-21-17(2,3)12-18/h6-9,13H,10-12,14H2,1-5H3/t18-/m0/s1. The van der Waals surface area contributed by atoms with Crippen molar-refractivity contribution < 1.29 is 4.74 Å². The maximum atomic E-state index is 5.89. The minimum Gasteiger partial charge on any atom is -0.376 e. The second-order valence-corrected chi connectivity index (χ2v) is 7.23. The summed E-state index contributed by atoms with van der Waals surface area (Å²) in [6.45, 7) is 8.27. The summed E-state index contributed by atoms with van der Waals surface area (Å²) in [5, 5.41) is 0. The predicted molar refractivity (Wildman–Crippen MR) is 89.6 cm³/mol. The average Bonchev–Trinajstić information content (AvgIpc) is 2.36. The monoisotopic (exact) mass is 288 g/mol. The van der Waals surface area contributed by atoms with Crippen LogP contribution in [-0.4, -0.2) is 44.0 Å². The van der Waals surface area contributed by atoms with Crippen molar-refractivity contribution >= 4 is 11.9 Å². The Labute approximate surface area is 129 Å². The lowest BCUT2D eigenvalue weighted by atomic mass is 9.74. The summed E-state index contributed by atoms with van der Waals surface area (Å²) >= 11 is 0. The van der Waals surface area contributed by atoms with E-state index in [2.05, 4.69) is 70.2 Å². The molecule has 1 heterocycles. The van der Waals surface area contributed by atoms with Gasteiger partial charge in [0.25, 0.3) is 0 Å². The highest BCUT2D eigenvalue weighted by Crippen LogP contribution is 2.38.